The van der Waals surface area contributed by atoms with Crippen molar-refractivity contribution in [3.63, 3.8) is 0 Å². The first-order chi connectivity index (χ1) is 7.27. The second kappa shape index (κ2) is 4.62. The van der Waals surface area contributed by atoms with Gasteiger partial charge in [-0.15, -0.1) is 0 Å². The van der Waals surface area contributed by atoms with Crippen LogP contribution in [0.15, 0.2) is 10.7 Å². The molecule has 0 amide bonds. The lowest BCUT2D eigenvalue weighted by Gasteiger charge is -2.13. The van der Waals surface area contributed by atoms with E-state index in [1.807, 2.05) is 0 Å². The molecule has 1 aromatic heterocycles. The molecule has 0 aliphatic heterocycles. The smallest absolute Gasteiger partial charge is 0.325 e. The summed E-state index contributed by atoms with van der Waals surface area (Å²) in [6.07, 6.45) is -7.77. The van der Waals surface area contributed by atoms with E-state index in [1.54, 1.807) is 0 Å². The Morgan fingerprint density at radius 3 is 2.31 bits per heavy atom. The van der Waals surface area contributed by atoms with Gasteiger partial charge in [0.15, 0.2) is 0 Å². The molecule has 1 rings (SSSR count). The number of aromatic nitrogens is 1. The van der Waals surface area contributed by atoms with Crippen LogP contribution in [0.2, 0.25) is 0 Å². The Morgan fingerprint density at radius 2 is 1.94 bits per heavy atom. The maximum absolute atomic E-state index is 12.4. The van der Waals surface area contributed by atoms with Gasteiger partial charge in [0, 0.05) is 12.1 Å². The van der Waals surface area contributed by atoms with Crippen molar-refractivity contribution in [3.05, 3.63) is 27.5 Å². The van der Waals surface area contributed by atoms with Crippen LogP contribution in [0, 0.1) is 0 Å². The monoisotopic (exact) mass is 304 g/mol. The maximum Gasteiger partial charge on any atom is 0.419 e. The predicted octanol–water partition coefficient (Wildman–Crippen LogP) is 3.26. The maximum atomic E-state index is 12.4. The van der Waals surface area contributed by atoms with Gasteiger partial charge in [-0.2, -0.15) is 13.2 Å². The van der Waals surface area contributed by atoms with Crippen LogP contribution >= 0.6 is 15.9 Å². The van der Waals surface area contributed by atoms with E-state index < -0.39 is 28.3 Å². The number of halogens is 6. The molecular weight excluding hydrogens is 299 g/mol. The Morgan fingerprint density at radius 1 is 1.38 bits per heavy atom. The second-order valence-electron chi connectivity index (χ2n) is 2.87. The highest BCUT2D eigenvalue weighted by molar-refractivity contribution is 9.10. The number of hydrogen-bond acceptors (Lipinski definition) is 2. The number of nitrogens with zero attached hydrogens (tertiary/aromatic N) is 1. The fourth-order valence-electron chi connectivity index (χ4n) is 1.09. The largest absolute Gasteiger partial charge is 0.419 e. The lowest BCUT2D eigenvalue weighted by atomic mass is 10.1. The van der Waals surface area contributed by atoms with E-state index >= 15 is 0 Å². The minimum atomic E-state index is -4.73. The standard InChI is InChI=1S/C8H6BrF5N2/c9-6-4(8(12,13)14)1-3(7(10)11)5(2-15)16-6/h1,7H,2,15H2. The molecule has 0 aliphatic carbocycles. The Hall–Kier alpha value is -0.760. The number of rotatable bonds is 2. The summed E-state index contributed by atoms with van der Waals surface area (Å²) in [5, 5.41) is 0. The zero-order valence-electron chi connectivity index (χ0n) is 7.65. The summed E-state index contributed by atoms with van der Waals surface area (Å²) >= 11 is 2.58. The summed E-state index contributed by atoms with van der Waals surface area (Å²) in [5.74, 6) is 0. The van der Waals surface area contributed by atoms with Gasteiger partial charge in [0.2, 0.25) is 0 Å². The van der Waals surface area contributed by atoms with Gasteiger partial charge < -0.3 is 5.73 Å². The Labute approximate surface area is 95.8 Å². The van der Waals surface area contributed by atoms with Gasteiger partial charge in [-0.05, 0) is 22.0 Å². The van der Waals surface area contributed by atoms with Crippen molar-refractivity contribution in [3.8, 4) is 0 Å². The van der Waals surface area contributed by atoms with Crippen molar-refractivity contribution < 1.29 is 22.0 Å². The van der Waals surface area contributed by atoms with Crippen molar-refractivity contribution in [2.24, 2.45) is 5.73 Å². The molecule has 8 heteroatoms. The van der Waals surface area contributed by atoms with E-state index in [0.29, 0.717) is 6.07 Å². The van der Waals surface area contributed by atoms with E-state index in [9.17, 15) is 22.0 Å². The van der Waals surface area contributed by atoms with Crippen LogP contribution in [0.5, 0.6) is 0 Å². The summed E-state index contributed by atoms with van der Waals surface area (Å²) in [7, 11) is 0. The Balaban J connectivity index is 3.39. The SMILES string of the molecule is NCc1nc(Br)c(C(F)(F)F)cc1C(F)F. The van der Waals surface area contributed by atoms with Crippen molar-refractivity contribution >= 4 is 15.9 Å². The molecule has 2 nitrogen and oxygen atoms in total. The third-order valence-electron chi connectivity index (χ3n) is 1.82. The Kier molecular flexibility index (Phi) is 3.84. The van der Waals surface area contributed by atoms with E-state index in [1.165, 1.54) is 0 Å². The van der Waals surface area contributed by atoms with Crippen molar-refractivity contribution in [2.75, 3.05) is 0 Å². The van der Waals surface area contributed by atoms with E-state index in [-0.39, 0.29) is 12.2 Å². The van der Waals surface area contributed by atoms with Gasteiger partial charge >= 0.3 is 6.18 Å². The average molecular weight is 305 g/mol. The van der Waals surface area contributed by atoms with E-state index in [0.717, 1.165) is 0 Å². The Bertz CT molecular complexity index is 391. The summed E-state index contributed by atoms with van der Waals surface area (Å²) in [5.41, 5.74) is 2.83. The van der Waals surface area contributed by atoms with Crippen LogP contribution < -0.4 is 5.73 Å². The normalized spacial score (nSPS) is 12.2. The van der Waals surface area contributed by atoms with Gasteiger partial charge in [0.25, 0.3) is 6.43 Å². The molecule has 1 aromatic rings. The average Bonchev–Trinajstić information content (AvgIpc) is 2.14. The van der Waals surface area contributed by atoms with Gasteiger partial charge in [-0.25, -0.2) is 13.8 Å². The third kappa shape index (κ3) is 2.67. The van der Waals surface area contributed by atoms with Crippen LogP contribution in [0.1, 0.15) is 23.2 Å². The lowest BCUT2D eigenvalue weighted by molar-refractivity contribution is -0.138. The molecule has 1 heterocycles. The molecule has 0 spiro atoms. The van der Waals surface area contributed by atoms with E-state index in [2.05, 4.69) is 20.9 Å². The first-order valence-electron chi connectivity index (χ1n) is 4.02. The molecule has 0 bridgehead atoms. The first-order valence-corrected chi connectivity index (χ1v) is 4.81. The van der Waals surface area contributed by atoms with Gasteiger partial charge in [0.05, 0.1) is 11.3 Å². The molecule has 0 radical (unpaired) electrons. The number of alkyl halides is 5. The molecule has 0 unspecified atom stereocenters. The van der Waals surface area contributed by atoms with Gasteiger partial charge in [0.1, 0.15) is 4.60 Å². The summed E-state index contributed by atoms with van der Waals surface area (Å²) in [4.78, 5) is 3.37. The fourth-order valence-corrected chi connectivity index (χ4v) is 1.65. The summed E-state index contributed by atoms with van der Waals surface area (Å²) in [6.45, 7) is -0.351. The number of hydrogen-bond donors (Lipinski definition) is 1. The van der Waals surface area contributed by atoms with Crippen LogP contribution in [-0.4, -0.2) is 4.98 Å². The quantitative estimate of drug-likeness (QED) is 0.673. The van der Waals surface area contributed by atoms with Crippen molar-refractivity contribution in [1.82, 2.24) is 4.98 Å². The topological polar surface area (TPSA) is 38.9 Å². The second-order valence-corrected chi connectivity index (χ2v) is 3.62. The summed E-state index contributed by atoms with van der Waals surface area (Å²) < 4.78 is 61.5. The molecule has 0 aromatic carbocycles. The van der Waals surface area contributed by atoms with Crippen molar-refractivity contribution in [2.45, 2.75) is 19.1 Å². The molecule has 16 heavy (non-hydrogen) atoms. The minimum Gasteiger partial charge on any atom is -0.325 e. The number of pyridine rings is 1. The summed E-state index contributed by atoms with van der Waals surface area (Å²) in [6, 6.07) is 0.365. The number of nitrogens with two attached hydrogens (primary N) is 1. The molecule has 90 valence electrons. The highest BCUT2D eigenvalue weighted by Crippen LogP contribution is 2.36. The van der Waals surface area contributed by atoms with Crippen LogP contribution in [0.25, 0.3) is 0 Å². The zero-order chi connectivity index (χ0) is 12.5. The predicted molar refractivity (Wildman–Crippen MR) is 49.8 cm³/mol. The molecule has 0 fully saturated rings. The zero-order valence-corrected chi connectivity index (χ0v) is 9.24. The van der Waals surface area contributed by atoms with Gasteiger partial charge in [-0.1, -0.05) is 0 Å². The molecule has 2 N–H and O–H groups in total. The molecule has 0 saturated carbocycles. The van der Waals surface area contributed by atoms with Crippen LogP contribution in [0.4, 0.5) is 22.0 Å². The minimum absolute atomic E-state index is 0.255. The highest BCUT2D eigenvalue weighted by atomic mass is 79.9. The molecule has 0 atom stereocenters. The van der Waals surface area contributed by atoms with Crippen LogP contribution in [0.3, 0.4) is 0 Å². The van der Waals surface area contributed by atoms with Crippen LogP contribution in [-0.2, 0) is 12.7 Å². The third-order valence-corrected chi connectivity index (χ3v) is 2.43. The molecule has 0 aliphatic rings. The lowest BCUT2D eigenvalue weighted by Crippen LogP contribution is -2.12. The first kappa shape index (κ1) is 13.3. The highest BCUT2D eigenvalue weighted by Gasteiger charge is 2.35. The fraction of sp³-hybridized carbons (Fsp3) is 0.375. The van der Waals surface area contributed by atoms with E-state index in [4.69, 9.17) is 5.73 Å². The molecular formula is C8H6BrF5N2. The van der Waals surface area contributed by atoms with Gasteiger partial charge in [-0.3, -0.25) is 0 Å². The molecule has 0 saturated heterocycles. The van der Waals surface area contributed by atoms with Crippen molar-refractivity contribution in [1.29, 1.82) is 0 Å².